The van der Waals surface area contributed by atoms with Gasteiger partial charge in [0.25, 0.3) is 15.9 Å². The number of amides is 1. The van der Waals surface area contributed by atoms with Gasteiger partial charge in [0.05, 0.1) is 16.8 Å². The van der Waals surface area contributed by atoms with E-state index in [1.165, 1.54) is 30.5 Å². The number of aryl methyl sites for hydroxylation is 4. The maximum Gasteiger partial charge on any atom is 0.264 e. The molecule has 0 aliphatic rings. The monoisotopic (exact) mass is 546 g/mol. The number of carbonyl (C=O) groups excluding carboxylic acids is 1. The van der Waals surface area contributed by atoms with Crippen molar-refractivity contribution in [3.05, 3.63) is 112 Å². The third kappa shape index (κ3) is 6.26. The number of nitrogens with one attached hydrogen (secondary N) is 1. The molecule has 9 heteroatoms. The van der Waals surface area contributed by atoms with Crippen molar-refractivity contribution in [1.82, 2.24) is 9.99 Å². The average molecular weight is 547 g/mol. The van der Waals surface area contributed by atoms with Gasteiger partial charge in [-0.2, -0.15) is 5.10 Å². The Morgan fingerprint density at radius 1 is 0.897 bits per heavy atom. The average Bonchev–Trinajstić information content (AvgIpc) is 3.15. The first-order valence-corrected chi connectivity index (χ1v) is 13.8. The van der Waals surface area contributed by atoms with Crippen LogP contribution in [-0.4, -0.2) is 31.7 Å². The van der Waals surface area contributed by atoms with E-state index in [1.54, 1.807) is 36.4 Å². The lowest BCUT2D eigenvalue weighted by atomic mass is 10.1. The highest BCUT2D eigenvalue weighted by atomic mass is 32.2. The summed E-state index contributed by atoms with van der Waals surface area (Å²) in [6, 6.07) is 20.0. The Hall–Kier alpha value is -4.24. The Morgan fingerprint density at radius 3 is 2.13 bits per heavy atom. The number of anilines is 1. The van der Waals surface area contributed by atoms with Crippen molar-refractivity contribution < 1.29 is 17.6 Å². The summed E-state index contributed by atoms with van der Waals surface area (Å²) in [5, 5.41) is 4.09. The Morgan fingerprint density at radius 2 is 1.51 bits per heavy atom. The van der Waals surface area contributed by atoms with Crippen LogP contribution < -0.4 is 9.73 Å². The highest BCUT2D eigenvalue weighted by Crippen LogP contribution is 2.26. The standard InChI is InChI=1S/C30H31FN4O3S/c1-20-6-12-29(13-7-20)39(37,38)34(28-15-21(2)14-22(3)16-28)19-30(36)33-32-18-25-17-23(4)35(24(25)5)27-10-8-26(31)9-11-27/h6-18H,19H2,1-5H3,(H,33,36)/b32-18-. The van der Waals surface area contributed by atoms with Crippen molar-refractivity contribution in [3.63, 3.8) is 0 Å². The van der Waals surface area contributed by atoms with Gasteiger partial charge in [-0.15, -0.1) is 0 Å². The first-order valence-electron chi connectivity index (χ1n) is 12.4. The molecule has 4 aromatic rings. The molecule has 3 aromatic carbocycles. The molecule has 0 fully saturated rings. The van der Waals surface area contributed by atoms with Gasteiger partial charge < -0.3 is 4.57 Å². The van der Waals surface area contributed by atoms with Gasteiger partial charge in [-0.3, -0.25) is 9.10 Å². The zero-order valence-electron chi connectivity index (χ0n) is 22.6. The van der Waals surface area contributed by atoms with Crippen molar-refractivity contribution >= 4 is 27.8 Å². The summed E-state index contributed by atoms with van der Waals surface area (Å²) in [6.45, 7) is 8.99. The van der Waals surface area contributed by atoms with Crippen molar-refractivity contribution in [2.75, 3.05) is 10.8 Å². The number of hydrogen-bond acceptors (Lipinski definition) is 4. The van der Waals surface area contributed by atoms with Gasteiger partial charge in [0.1, 0.15) is 12.4 Å². The first kappa shape index (κ1) is 27.8. The molecular weight excluding hydrogens is 515 g/mol. The van der Waals surface area contributed by atoms with Crippen LogP contribution in [0.4, 0.5) is 10.1 Å². The van der Waals surface area contributed by atoms with E-state index in [-0.39, 0.29) is 10.7 Å². The molecule has 1 N–H and O–H groups in total. The molecule has 202 valence electrons. The number of aromatic nitrogens is 1. The molecule has 0 radical (unpaired) electrons. The Balaban J connectivity index is 1.57. The number of halogens is 1. The van der Waals surface area contributed by atoms with Crippen LogP contribution in [0.5, 0.6) is 0 Å². The fraction of sp³-hybridized carbons (Fsp3) is 0.200. The van der Waals surface area contributed by atoms with Gasteiger partial charge in [-0.1, -0.05) is 23.8 Å². The molecule has 7 nitrogen and oxygen atoms in total. The van der Waals surface area contributed by atoms with E-state index in [9.17, 15) is 17.6 Å². The van der Waals surface area contributed by atoms with Crippen LogP contribution in [0, 0.1) is 40.4 Å². The Kier molecular flexibility index (Phi) is 8.01. The van der Waals surface area contributed by atoms with Crippen LogP contribution in [0.3, 0.4) is 0 Å². The summed E-state index contributed by atoms with van der Waals surface area (Å²) >= 11 is 0. The van der Waals surface area contributed by atoms with Crippen LogP contribution in [0.15, 0.2) is 82.8 Å². The number of rotatable bonds is 8. The zero-order valence-corrected chi connectivity index (χ0v) is 23.4. The fourth-order valence-corrected chi connectivity index (χ4v) is 5.90. The lowest BCUT2D eigenvalue weighted by Crippen LogP contribution is -2.39. The molecule has 1 aromatic heterocycles. The van der Waals surface area contributed by atoms with Gasteiger partial charge >= 0.3 is 0 Å². The molecule has 0 unspecified atom stereocenters. The van der Waals surface area contributed by atoms with Gasteiger partial charge in [0, 0.05) is 22.6 Å². The molecule has 1 amide bonds. The SMILES string of the molecule is Cc1ccc(S(=O)(=O)N(CC(=O)N/N=C\c2cc(C)n(-c3ccc(F)cc3)c2C)c2cc(C)cc(C)c2)cc1. The summed E-state index contributed by atoms with van der Waals surface area (Å²) in [5.41, 5.74) is 8.88. The summed E-state index contributed by atoms with van der Waals surface area (Å²) < 4.78 is 43.7. The topological polar surface area (TPSA) is 83.8 Å². The molecule has 0 spiro atoms. The zero-order chi connectivity index (χ0) is 28.3. The van der Waals surface area contributed by atoms with E-state index >= 15 is 0 Å². The number of nitrogens with zero attached hydrogens (tertiary/aromatic N) is 3. The van der Waals surface area contributed by atoms with Crippen LogP contribution in [0.25, 0.3) is 5.69 Å². The molecule has 39 heavy (non-hydrogen) atoms. The fourth-order valence-electron chi connectivity index (χ4n) is 4.49. The molecule has 0 atom stereocenters. The van der Waals surface area contributed by atoms with Gasteiger partial charge in [0.15, 0.2) is 0 Å². The van der Waals surface area contributed by atoms with E-state index in [4.69, 9.17) is 0 Å². The van der Waals surface area contributed by atoms with Crippen molar-refractivity contribution in [2.24, 2.45) is 5.10 Å². The van der Waals surface area contributed by atoms with E-state index in [1.807, 2.05) is 51.3 Å². The van der Waals surface area contributed by atoms with Crippen molar-refractivity contribution in [1.29, 1.82) is 0 Å². The van der Waals surface area contributed by atoms with Crippen LogP contribution in [0.2, 0.25) is 0 Å². The van der Waals surface area contributed by atoms with Crippen molar-refractivity contribution in [2.45, 2.75) is 39.5 Å². The number of benzene rings is 3. The minimum atomic E-state index is -4.03. The second-order valence-corrected chi connectivity index (χ2v) is 11.5. The molecule has 0 aliphatic heterocycles. The number of hydrogen-bond donors (Lipinski definition) is 1. The molecule has 0 saturated carbocycles. The Bertz CT molecular complexity index is 1620. The number of carbonyl (C=O) groups is 1. The highest BCUT2D eigenvalue weighted by molar-refractivity contribution is 7.92. The smallest absolute Gasteiger partial charge is 0.264 e. The van der Waals surface area contributed by atoms with E-state index in [0.717, 1.165) is 43.6 Å². The van der Waals surface area contributed by atoms with Gasteiger partial charge in [0.2, 0.25) is 0 Å². The summed E-state index contributed by atoms with van der Waals surface area (Å²) in [4.78, 5) is 13.1. The minimum absolute atomic E-state index is 0.0943. The molecular formula is C30H31FN4O3S. The number of hydrazone groups is 1. The predicted molar refractivity (Wildman–Crippen MR) is 153 cm³/mol. The normalized spacial score (nSPS) is 11.6. The summed E-state index contributed by atoms with van der Waals surface area (Å²) in [6.07, 6.45) is 1.51. The minimum Gasteiger partial charge on any atom is -0.318 e. The predicted octanol–water partition coefficient (Wildman–Crippen LogP) is 5.50. The van der Waals surface area contributed by atoms with E-state index < -0.39 is 22.5 Å². The molecule has 4 rings (SSSR count). The maximum atomic E-state index is 13.6. The van der Waals surface area contributed by atoms with Crippen LogP contribution in [-0.2, 0) is 14.8 Å². The molecule has 0 aliphatic carbocycles. The van der Waals surface area contributed by atoms with Crippen LogP contribution in [0.1, 0.15) is 33.6 Å². The second-order valence-electron chi connectivity index (χ2n) is 9.60. The largest absolute Gasteiger partial charge is 0.318 e. The highest BCUT2D eigenvalue weighted by Gasteiger charge is 2.27. The van der Waals surface area contributed by atoms with Gasteiger partial charge in [-0.25, -0.2) is 18.2 Å². The lowest BCUT2D eigenvalue weighted by Gasteiger charge is -2.24. The maximum absolute atomic E-state index is 13.6. The van der Waals surface area contributed by atoms with Crippen molar-refractivity contribution in [3.8, 4) is 5.69 Å². The van der Waals surface area contributed by atoms with Crippen LogP contribution >= 0.6 is 0 Å². The Labute approximate surface area is 228 Å². The quantitative estimate of drug-likeness (QED) is 0.234. The molecule has 0 bridgehead atoms. The van der Waals surface area contributed by atoms with E-state index in [0.29, 0.717) is 5.69 Å². The van der Waals surface area contributed by atoms with Gasteiger partial charge in [-0.05, 0) is 100 Å². The lowest BCUT2D eigenvalue weighted by molar-refractivity contribution is -0.119. The first-order chi connectivity index (χ1) is 18.5. The summed E-state index contributed by atoms with van der Waals surface area (Å²) in [7, 11) is -4.03. The number of sulfonamides is 1. The second kappa shape index (κ2) is 11.2. The molecule has 0 saturated heterocycles. The van der Waals surface area contributed by atoms with E-state index in [2.05, 4.69) is 10.5 Å². The third-order valence-corrected chi connectivity index (χ3v) is 8.13. The molecule has 1 heterocycles. The third-order valence-electron chi connectivity index (χ3n) is 6.34. The summed E-state index contributed by atoms with van der Waals surface area (Å²) in [5.74, 6) is -0.904.